The Morgan fingerprint density at radius 1 is 1.09 bits per heavy atom. The summed E-state index contributed by atoms with van der Waals surface area (Å²) in [5.74, 6) is -1.89. The highest BCUT2D eigenvalue weighted by molar-refractivity contribution is 6.03. The number of non-ortho nitro benzene ring substituents is 1. The molecule has 0 radical (unpaired) electrons. The van der Waals surface area contributed by atoms with E-state index in [0.717, 1.165) is 22.5 Å². The van der Waals surface area contributed by atoms with Gasteiger partial charge in [-0.05, 0) is 36.8 Å². The number of anilines is 1. The molecule has 1 N–H and O–H groups in total. The fourth-order valence-corrected chi connectivity index (χ4v) is 3.04. The molecule has 2 aromatic heterocycles. The standard InChI is InChI=1S/C20H13F3N6O3/c1-11-2-7-15-14(8-11)26-19(20(21,22)23)28(15)17-10-24-16(9-25-17)27-18(30)12-3-5-13(6-4-12)29(31)32/h2-10H,1H3,(H,24,27,30). The van der Waals surface area contributed by atoms with E-state index in [9.17, 15) is 28.1 Å². The monoisotopic (exact) mass is 442 g/mol. The Bertz CT molecular complexity index is 1330. The van der Waals surface area contributed by atoms with E-state index in [4.69, 9.17) is 0 Å². The maximum Gasteiger partial charge on any atom is 0.450 e. The number of aromatic nitrogens is 4. The number of hydrogen-bond donors (Lipinski definition) is 1. The van der Waals surface area contributed by atoms with E-state index < -0.39 is 22.8 Å². The predicted octanol–water partition coefficient (Wildman–Crippen LogP) is 4.30. The number of nitro groups is 1. The van der Waals surface area contributed by atoms with Gasteiger partial charge in [0.1, 0.15) is 0 Å². The zero-order valence-electron chi connectivity index (χ0n) is 16.3. The lowest BCUT2D eigenvalue weighted by molar-refractivity contribution is -0.384. The van der Waals surface area contributed by atoms with Crippen molar-refractivity contribution in [2.45, 2.75) is 13.1 Å². The first-order valence-electron chi connectivity index (χ1n) is 9.08. The van der Waals surface area contributed by atoms with Gasteiger partial charge in [-0.2, -0.15) is 13.2 Å². The molecule has 0 atom stereocenters. The van der Waals surface area contributed by atoms with Gasteiger partial charge in [0.15, 0.2) is 11.6 Å². The van der Waals surface area contributed by atoms with Crippen LogP contribution >= 0.6 is 0 Å². The summed E-state index contributed by atoms with van der Waals surface area (Å²) in [5, 5.41) is 13.1. The van der Waals surface area contributed by atoms with Crippen molar-refractivity contribution >= 4 is 28.4 Å². The Morgan fingerprint density at radius 2 is 1.81 bits per heavy atom. The minimum atomic E-state index is -4.72. The number of rotatable bonds is 4. The highest BCUT2D eigenvalue weighted by Crippen LogP contribution is 2.33. The average molecular weight is 442 g/mol. The summed E-state index contributed by atoms with van der Waals surface area (Å²) >= 11 is 0. The topological polar surface area (TPSA) is 116 Å². The molecule has 0 aliphatic heterocycles. The first-order valence-corrected chi connectivity index (χ1v) is 9.08. The van der Waals surface area contributed by atoms with E-state index in [0.29, 0.717) is 0 Å². The number of aryl methyl sites for hydroxylation is 1. The number of carbonyl (C=O) groups excluding carboxylic acids is 1. The largest absolute Gasteiger partial charge is 0.450 e. The molecular weight excluding hydrogens is 429 g/mol. The van der Waals surface area contributed by atoms with Gasteiger partial charge in [0.25, 0.3) is 11.6 Å². The SMILES string of the molecule is Cc1ccc2c(c1)nc(C(F)(F)F)n2-c1cnc(NC(=O)c2ccc([N+](=O)[O-])cc2)cn1. The average Bonchev–Trinajstić information content (AvgIpc) is 3.13. The number of alkyl halides is 3. The lowest BCUT2D eigenvalue weighted by Gasteiger charge is -2.11. The molecule has 0 fully saturated rings. The number of imidazole rings is 1. The molecule has 4 aromatic rings. The van der Waals surface area contributed by atoms with Gasteiger partial charge in [-0.1, -0.05) is 6.07 Å². The number of fused-ring (bicyclic) bond motifs is 1. The Kier molecular flexibility index (Phi) is 5.04. The van der Waals surface area contributed by atoms with Gasteiger partial charge in [-0.15, -0.1) is 0 Å². The summed E-state index contributed by atoms with van der Waals surface area (Å²) in [5.41, 5.74) is 1.09. The van der Waals surface area contributed by atoms with Crippen LogP contribution in [0.25, 0.3) is 16.9 Å². The van der Waals surface area contributed by atoms with Crippen molar-refractivity contribution in [2.24, 2.45) is 0 Å². The second-order valence-corrected chi connectivity index (χ2v) is 6.78. The van der Waals surface area contributed by atoms with Crippen LogP contribution in [0.15, 0.2) is 54.9 Å². The molecule has 4 rings (SSSR count). The number of carbonyl (C=O) groups is 1. The molecule has 32 heavy (non-hydrogen) atoms. The minimum Gasteiger partial charge on any atom is -0.305 e. The second kappa shape index (κ2) is 7.72. The Balaban J connectivity index is 1.63. The molecule has 0 unspecified atom stereocenters. The fraction of sp³-hybridized carbons (Fsp3) is 0.100. The van der Waals surface area contributed by atoms with Crippen molar-refractivity contribution in [1.82, 2.24) is 19.5 Å². The molecule has 0 bridgehead atoms. The molecular formula is C20H13F3N6O3. The lowest BCUT2D eigenvalue weighted by atomic mass is 10.2. The van der Waals surface area contributed by atoms with E-state index >= 15 is 0 Å². The van der Waals surface area contributed by atoms with Gasteiger partial charge < -0.3 is 5.32 Å². The van der Waals surface area contributed by atoms with Gasteiger partial charge in [0.05, 0.1) is 28.4 Å². The fourth-order valence-electron chi connectivity index (χ4n) is 3.04. The van der Waals surface area contributed by atoms with Crippen LogP contribution in [-0.2, 0) is 6.18 Å². The Morgan fingerprint density at radius 3 is 2.41 bits per heavy atom. The van der Waals surface area contributed by atoms with Crippen LogP contribution in [0.4, 0.5) is 24.7 Å². The molecule has 0 aliphatic carbocycles. The van der Waals surface area contributed by atoms with Crippen LogP contribution in [0.5, 0.6) is 0 Å². The smallest absolute Gasteiger partial charge is 0.305 e. The zero-order chi connectivity index (χ0) is 23.0. The summed E-state index contributed by atoms with van der Waals surface area (Å²) in [6.07, 6.45) is -2.53. The summed E-state index contributed by atoms with van der Waals surface area (Å²) in [4.78, 5) is 34.1. The molecule has 2 heterocycles. The third-order valence-electron chi connectivity index (χ3n) is 4.51. The van der Waals surface area contributed by atoms with Crippen LogP contribution in [0.1, 0.15) is 21.7 Å². The summed E-state index contributed by atoms with van der Waals surface area (Å²) in [6, 6.07) is 9.59. The van der Waals surface area contributed by atoms with E-state index in [2.05, 4.69) is 20.3 Å². The van der Waals surface area contributed by atoms with E-state index in [1.54, 1.807) is 13.0 Å². The summed E-state index contributed by atoms with van der Waals surface area (Å²) in [7, 11) is 0. The van der Waals surface area contributed by atoms with Gasteiger partial charge in [-0.3, -0.25) is 19.5 Å². The van der Waals surface area contributed by atoms with Crippen molar-refractivity contribution < 1.29 is 22.9 Å². The number of nitrogens with zero attached hydrogens (tertiary/aromatic N) is 5. The number of benzene rings is 2. The second-order valence-electron chi connectivity index (χ2n) is 6.78. The van der Waals surface area contributed by atoms with Crippen LogP contribution in [0.2, 0.25) is 0 Å². The zero-order valence-corrected chi connectivity index (χ0v) is 16.3. The van der Waals surface area contributed by atoms with Gasteiger partial charge in [-0.25, -0.2) is 15.0 Å². The quantitative estimate of drug-likeness (QED) is 0.372. The third-order valence-corrected chi connectivity index (χ3v) is 4.51. The van der Waals surface area contributed by atoms with Crippen molar-refractivity contribution in [2.75, 3.05) is 5.32 Å². The third kappa shape index (κ3) is 3.97. The Labute approximate surface area is 177 Å². The van der Waals surface area contributed by atoms with Crippen LogP contribution in [0, 0.1) is 17.0 Å². The number of nitro benzene ring substituents is 1. The Hall–Kier alpha value is -4.35. The predicted molar refractivity (Wildman–Crippen MR) is 107 cm³/mol. The van der Waals surface area contributed by atoms with E-state index in [-0.39, 0.29) is 33.9 Å². The van der Waals surface area contributed by atoms with E-state index in [1.165, 1.54) is 36.4 Å². The van der Waals surface area contributed by atoms with Gasteiger partial charge in [0, 0.05) is 17.7 Å². The van der Waals surface area contributed by atoms with E-state index in [1.807, 2.05) is 0 Å². The first kappa shape index (κ1) is 20.9. The molecule has 0 saturated heterocycles. The maximum absolute atomic E-state index is 13.6. The first-order chi connectivity index (χ1) is 15.1. The molecule has 1 amide bonds. The molecule has 162 valence electrons. The number of hydrogen-bond acceptors (Lipinski definition) is 6. The molecule has 0 saturated carbocycles. The molecule has 9 nitrogen and oxygen atoms in total. The van der Waals surface area contributed by atoms with Gasteiger partial charge in [0.2, 0.25) is 5.82 Å². The van der Waals surface area contributed by atoms with Gasteiger partial charge >= 0.3 is 6.18 Å². The minimum absolute atomic E-state index is 0.00840. The van der Waals surface area contributed by atoms with Crippen molar-refractivity contribution in [1.29, 1.82) is 0 Å². The molecule has 0 spiro atoms. The molecule has 0 aliphatic rings. The number of halogens is 3. The molecule has 2 aromatic carbocycles. The lowest BCUT2D eigenvalue weighted by Crippen LogP contribution is -2.16. The molecule has 12 heteroatoms. The maximum atomic E-state index is 13.6. The van der Waals surface area contributed by atoms with Crippen molar-refractivity contribution in [3.8, 4) is 5.82 Å². The normalized spacial score (nSPS) is 11.5. The number of nitrogens with one attached hydrogen (secondary N) is 1. The van der Waals surface area contributed by atoms with Crippen LogP contribution in [-0.4, -0.2) is 30.3 Å². The van der Waals surface area contributed by atoms with Crippen LogP contribution < -0.4 is 5.32 Å². The summed E-state index contributed by atoms with van der Waals surface area (Å²) in [6.45, 7) is 1.74. The number of amides is 1. The van der Waals surface area contributed by atoms with Crippen LogP contribution in [0.3, 0.4) is 0 Å². The summed E-state index contributed by atoms with van der Waals surface area (Å²) < 4.78 is 41.5. The highest BCUT2D eigenvalue weighted by atomic mass is 19.4. The highest BCUT2D eigenvalue weighted by Gasteiger charge is 2.38. The van der Waals surface area contributed by atoms with Crippen molar-refractivity contribution in [3.63, 3.8) is 0 Å². The van der Waals surface area contributed by atoms with Crippen molar-refractivity contribution in [3.05, 3.63) is 81.9 Å².